The van der Waals surface area contributed by atoms with E-state index in [4.69, 9.17) is 10.4 Å². The zero-order valence-electron chi connectivity index (χ0n) is 5.07. The number of aliphatic carboxylic acids is 1. The molecule has 10 heavy (non-hydrogen) atoms. The summed E-state index contributed by atoms with van der Waals surface area (Å²) in [5, 5.41) is 16.0. The van der Waals surface area contributed by atoms with Gasteiger partial charge in [0, 0.05) is 6.08 Å². The van der Waals surface area contributed by atoms with E-state index in [0.29, 0.717) is 0 Å². The Balaban J connectivity index is 3.78. The lowest BCUT2D eigenvalue weighted by Gasteiger charge is -1.83. The maximum Gasteiger partial charge on any atom is 0.311 e. The molecular weight excluding hydrogens is 134 g/mol. The summed E-state index contributed by atoms with van der Waals surface area (Å²) >= 11 is 0. The average Bonchev–Trinajstić information content (AvgIpc) is 1.82. The van der Waals surface area contributed by atoms with Crippen LogP contribution in [0.3, 0.4) is 0 Å². The van der Waals surface area contributed by atoms with Crippen LogP contribution in [0.5, 0.6) is 0 Å². The molecule has 0 aliphatic rings. The monoisotopic (exact) mass is 139 g/mol. The number of carboxylic acids is 1. The third-order valence-electron chi connectivity index (χ3n) is 0.669. The topological polar surface area (TPSA) is 78.2 Å². The van der Waals surface area contributed by atoms with Crippen LogP contribution in [0.2, 0.25) is 0 Å². The van der Waals surface area contributed by atoms with Crippen LogP contribution >= 0.6 is 0 Å². The minimum atomic E-state index is -1.19. The summed E-state index contributed by atoms with van der Waals surface area (Å²) < 4.78 is 0. The Morgan fingerprint density at radius 2 is 2.20 bits per heavy atom. The van der Waals surface area contributed by atoms with Gasteiger partial charge in [-0.1, -0.05) is 0 Å². The quantitative estimate of drug-likeness (QED) is 0.342. The van der Waals surface area contributed by atoms with E-state index in [0.717, 1.165) is 12.2 Å². The van der Waals surface area contributed by atoms with Crippen LogP contribution < -0.4 is 0 Å². The molecule has 0 amide bonds. The molecule has 0 aromatic carbocycles. The van der Waals surface area contributed by atoms with Crippen LogP contribution in [0.4, 0.5) is 0 Å². The van der Waals surface area contributed by atoms with E-state index in [2.05, 4.69) is 0 Å². The zero-order chi connectivity index (χ0) is 7.98. The van der Waals surface area contributed by atoms with Gasteiger partial charge in [-0.15, -0.1) is 0 Å². The highest BCUT2D eigenvalue weighted by Gasteiger charge is 2.01. The average molecular weight is 139 g/mol. The number of nitrogens with zero attached hydrogens (tertiary/aromatic N) is 1. The molecule has 0 atom stereocenters. The predicted octanol–water partition coefficient (Wildman–Crippen LogP) is 0.110. The molecule has 0 aliphatic carbocycles. The minimum absolute atomic E-state index is 0.557. The van der Waals surface area contributed by atoms with Crippen molar-refractivity contribution in [3.63, 3.8) is 0 Å². The summed E-state index contributed by atoms with van der Waals surface area (Å²) in [5.74, 6) is -1.76. The number of hydrogen-bond acceptors (Lipinski definition) is 3. The van der Waals surface area contributed by atoms with Gasteiger partial charge in [-0.2, -0.15) is 5.26 Å². The van der Waals surface area contributed by atoms with Gasteiger partial charge >= 0.3 is 5.97 Å². The number of carbonyl (C=O) groups excluding carboxylic acids is 1. The fourth-order valence-corrected chi connectivity index (χ4v) is 0.338. The summed E-state index contributed by atoms with van der Waals surface area (Å²) in [5.41, 5.74) is 0. The third kappa shape index (κ3) is 4.53. The van der Waals surface area contributed by atoms with E-state index in [1.165, 1.54) is 0 Å². The molecule has 4 nitrogen and oxygen atoms in total. The number of carboxylic acid groups (broad SMARTS) is 1. The number of rotatable bonds is 3. The van der Waals surface area contributed by atoms with Crippen molar-refractivity contribution in [3.05, 3.63) is 12.2 Å². The van der Waals surface area contributed by atoms with Gasteiger partial charge in [-0.3, -0.25) is 9.59 Å². The van der Waals surface area contributed by atoms with Crippen LogP contribution in [0, 0.1) is 11.3 Å². The molecule has 0 rings (SSSR count). The molecular formula is C6H5NO3. The third-order valence-corrected chi connectivity index (χ3v) is 0.669. The normalized spacial score (nSPS) is 9.10. The van der Waals surface area contributed by atoms with E-state index in [9.17, 15) is 9.59 Å². The van der Waals surface area contributed by atoms with Gasteiger partial charge in [0.15, 0.2) is 5.78 Å². The lowest BCUT2D eigenvalue weighted by Crippen LogP contribution is -2.02. The van der Waals surface area contributed by atoms with Gasteiger partial charge in [0.25, 0.3) is 0 Å². The summed E-state index contributed by atoms with van der Waals surface area (Å²) in [4.78, 5) is 20.2. The molecule has 0 spiro atoms. The van der Waals surface area contributed by atoms with Gasteiger partial charge < -0.3 is 5.11 Å². The lowest BCUT2D eigenvalue weighted by atomic mass is 10.3. The fraction of sp³-hybridized carbons (Fsp3) is 0.167. The van der Waals surface area contributed by atoms with Crippen molar-refractivity contribution in [2.24, 2.45) is 0 Å². The Labute approximate surface area is 57.4 Å². The Morgan fingerprint density at radius 3 is 2.60 bits per heavy atom. The Morgan fingerprint density at radius 1 is 1.60 bits per heavy atom. The van der Waals surface area contributed by atoms with E-state index in [-0.39, 0.29) is 0 Å². The maximum atomic E-state index is 10.4. The van der Waals surface area contributed by atoms with Gasteiger partial charge in [0.2, 0.25) is 0 Å². The minimum Gasteiger partial charge on any atom is -0.481 e. The highest BCUT2D eigenvalue weighted by atomic mass is 16.4. The first-order valence-electron chi connectivity index (χ1n) is 2.47. The predicted molar refractivity (Wildman–Crippen MR) is 32.0 cm³/mol. The molecule has 0 saturated carbocycles. The highest BCUT2D eigenvalue weighted by Crippen LogP contribution is 1.84. The van der Waals surface area contributed by atoms with Crippen molar-refractivity contribution in [1.82, 2.24) is 0 Å². The number of carbonyl (C=O) groups is 2. The second kappa shape index (κ2) is 4.27. The van der Waals surface area contributed by atoms with Gasteiger partial charge in [0.1, 0.15) is 6.42 Å². The number of hydrogen-bond donors (Lipinski definition) is 1. The molecule has 0 fully saturated rings. The van der Waals surface area contributed by atoms with E-state index < -0.39 is 18.2 Å². The number of nitriles is 1. The summed E-state index contributed by atoms with van der Waals surface area (Å²) in [6.45, 7) is 0. The molecule has 0 radical (unpaired) electrons. The SMILES string of the molecule is N#CC=CC(=O)CC(=O)O. The van der Waals surface area contributed by atoms with Crippen LogP contribution in [0.1, 0.15) is 6.42 Å². The van der Waals surface area contributed by atoms with Crippen molar-refractivity contribution in [1.29, 1.82) is 5.26 Å². The molecule has 52 valence electrons. The molecule has 0 aromatic rings. The standard InChI is InChI=1S/C6H5NO3/c7-3-1-2-5(8)4-6(9)10/h1-2H,4H2,(H,9,10). The molecule has 0 aliphatic heterocycles. The van der Waals surface area contributed by atoms with Crippen molar-refractivity contribution in [2.75, 3.05) is 0 Å². The van der Waals surface area contributed by atoms with Gasteiger partial charge in [-0.25, -0.2) is 0 Å². The summed E-state index contributed by atoms with van der Waals surface area (Å²) in [6, 6.07) is 1.58. The van der Waals surface area contributed by atoms with E-state index >= 15 is 0 Å². The second-order valence-electron chi connectivity index (χ2n) is 1.50. The largest absolute Gasteiger partial charge is 0.481 e. The van der Waals surface area contributed by atoms with Crippen LogP contribution in [0.15, 0.2) is 12.2 Å². The van der Waals surface area contributed by atoms with Gasteiger partial charge in [0.05, 0.1) is 6.07 Å². The molecule has 0 unspecified atom stereocenters. The highest BCUT2D eigenvalue weighted by molar-refractivity contribution is 6.01. The first-order valence-corrected chi connectivity index (χ1v) is 2.47. The Kier molecular flexibility index (Phi) is 3.57. The molecule has 0 aromatic heterocycles. The summed E-state index contributed by atoms with van der Waals surface area (Å²) in [7, 11) is 0. The number of allylic oxidation sites excluding steroid dienone is 2. The molecule has 1 N–H and O–H groups in total. The summed E-state index contributed by atoms with van der Waals surface area (Å²) in [6.07, 6.45) is 1.33. The van der Waals surface area contributed by atoms with E-state index in [1.807, 2.05) is 0 Å². The molecule has 0 heterocycles. The Bertz CT molecular complexity index is 212. The zero-order valence-corrected chi connectivity index (χ0v) is 5.07. The maximum absolute atomic E-state index is 10.4. The van der Waals surface area contributed by atoms with Crippen LogP contribution in [-0.2, 0) is 9.59 Å². The fourth-order valence-electron chi connectivity index (χ4n) is 0.338. The first kappa shape index (κ1) is 8.37. The lowest BCUT2D eigenvalue weighted by molar-refractivity contribution is -0.139. The number of ketones is 1. The Hall–Kier alpha value is -1.63. The molecule has 0 saturated heterocycles. The van der Waals surface area contributed by atoms with Crippen molar-refractivity contribution < 1.29 is 14.7 Å². The molecule has 0 bridgehead atoms. The van der Waals surface area contributed by atoms with Crippen LogP contribution in [-0.4, -0.2) is 16.9 Å². The van der Waals surface area contributed by atoms with Crippen molar-refractivity contribution >= 4 is 11.8 Å². The van der Waals surface area contributed by atoms with Crippen molar-refractivity contribution in [2.45, 2.75) is 6.42 Å². The first-order chi connectivity index (χ1) is 4.66. The smallest absolute Gasteiger partial charge is 0.311 e. The molecule has 4 heteroatoms. The van der Waals surface area contributed by atoms with E-state index in [1.54, 1.807) is 6.07 Å². The second-order valence-corrected chi connectivity index (χ2v) is 1.50. The van der Waals surface area contributed by atoms with Gasteiger partial charge in [-0.05, 0) is 6.08 Å². The van der Waals surface area contributed by atoms with Crippen LogP contribution in [0.25, 0.3) is 0 Å². The van der Waals surface area contributed by atoms with Crippen molar-refractivity contribution in [3.8, 4) is 6.07 Å².